The normalized spacial score (nSPS) is 29.7. The molecule has 3 N–H and O–H groups in total. The van der Waals surface area contributed by atoms with Crippen LogP contribution in [0.1, 0.15) is 127 Å². The van der Waals surface area contributed by atoms with Crippen LogP contribution in [0.25, 0.3) is 0 Å². The van der Waals surface area contributed by atoms with Gasteiger partial charge in [-0.25, -0.2) is 0 Å². The summed E-state index contributed by atoms with van der Waals surface area (Å²) in [5.41, 5.74) is 2.78. The maximum atomic E-state index is 13.9. The lowest BCUT2D eigenvalue weighted by Gasteiger charge is -2.54. The SMILES string of the molecule is C[C@]12CCC3c4ccc(O)cc4C[C@@H](CCCCCCCCCC(CCC(F)(F)C(F)(F)C(F)(F)C(F)(F)F)C(=O)O)C3C1C[C@@H](O)C21CC1. The Morgan fingerprint density at radius 1 is 0.880 bits per heavy atom. The topological polar surface area (TPSA) is 77.8 Å². The zero-order chi connectivity index (χ0) is 36.9. The molecule has 0 amide bonds. The van der Waals surface area contributed by atoms with Gasteiger partial charge in [0.15, 0.2) is 0 Å². The Balaban J connectivity index is 1.06. The molecule has 3 saturated carbocycles. The van der Waals surface area contributed by atoms with Crippen molar-refractivity contribution in [2.24, 2.45) is 34.5 Å². The van der Waals surface area contributed by atoms with Crippen LogP contribution < -0.4 is 0 Å². The molecule has 1 aromatic carbocycles. The highest BCUT2D eigenvalue weighted by Gasteiger charge is 2.81. The number of phenolic OH excluding ortho intramolecular Hbond substituents is 1. The largest absolute Gasteiger partial charge is 0.508 e. The number of aromatic hydroxyl groups is 1. The molecular formula is C37H49F9O4. The molecule has 0 aliphatic heterocycles. The lowest BCUT2D eigenvalue weighted by Crippen LogP contribution is -2.60. The quantitative estimate of drug-likeness (QED) is 0.117. The summed E-state index contributed by atoms with van der Waals surface area (Å²) in [6, 6.07) is 5.77. The van der Waals surface area contributed by atoms with E-state index in [1.165, 1.54) is 11.1 Å². The minimum atomic E-state index is -6.98. The minimum Gasteiger partial charge on any atom is -0.508 e. The van der Waals surface area contributed by atoms with Gasteiger partial charge in [-0.1, -0.05) is 57.9 Å². The number of halogens is 9. The number of benzene rings is 1. The van der Waals surface area contributed by atoms with Crippen molar-refractivity contribution in [3.8, 4) is 5.75 Å². The van der Waals surface area contributed by atoms with Crippen molar-refractivity contribution in [2.45, 2.75) is 152 Å². The van der Waals surface area contributed by atoms with Gasteiger partial charge in [-0.05, 0) is 110 Å². The fourth-order valence-electron chi connectivity index (χ4n) is 10.3. The Bertz CT molecular complexity index is 1360. The number of alkyl halides is 9. The van der Waals surface area contributed by atoms with Gasteiger partial charge in [0.05, 0.1) is 12.0 Å². The molecule has 0 saturated heterocycles. The summed E-state index contributed by atoms with van der Waals surface area (Å²) in [5.74, 6) is -20.6. The number of rotatable bonds is 16. The molecule has 4 aliphatic rings. The molecule has 1 spiro atoms. The van der Waals surface area contributed by atoms with E-state index >= 15 is 0 Å². The number of hydrogen-bond donors (Lipinski definition) is 3. The number of aliphatic carboxylic acids is 1. The second-order valence-corrected chi connectivity index (χ2v) is 16.0. The predicted molar refractivity (Wildman–Crippen MR) is 167 cm³/mol. The molecule has 0 radical (unpaired) electrons. The molecule has 5 rings (SSSR count). The molecule has 284 valence electrons. The van der Waals surface area contributed by atoms with E-state index in [0.29, 0.717) is 36.5 Å². The van der Waals surface area contributed by atoms with E-state index < -0.39 is 48.7 Å². The number of phenols is 1. The van der Waals surface area contributed by atoms with Crippen LogP contribution >= 0.6 is 0 Å². The highest BCUT2D eigenvalue weighted by Crippen LogP contribution is 2.76. The fraction of sp³-hybridized carbons (Fsp3) is 0.811. The van der Waals surface area contributed by atoms with Gasteiger partial charge in [-0.3, -0.25) is 4.79 Å². The van der Waals surface area contributed by atoms with Crippen molar-refractivity contribution < 1.29 is 59.6 Å². The first kappa shape index (κ1) is 39.0. The number of fused-ring (bicyclic) bond motifs is 6. The first-order valence-corrected chi connectivity index (χ1v) is 18.1. The third-order valence-electron chi connectivity index (χ3n) is 13.3. The van der Waals surface area contributed by atoms with Crippen molar-refractivity contribution in [1.82, 2.24) is 0 Å². The van der Waals surface area contributed by atoms with E-state index in [1.807, 2.05) is 6.07 Å². The maximum Gasteiger partial charge on any atom is 0.460 e. The summed E-state index contributed by atoms with van der Waals surface area (Å²) < 4.78 is 118. The number of aliphatic hydroxyl groups excluding tert-OH is 1. The molecule has 3 fully saturated rings. The molecular weight excluding hydrogens is 679 g/mol. The van der Waals surface area contributed by atoms with Gasteiger partial charge >= 0.3 is 29.9 Å². The Morgan fingerprint density at radius 2 is 1.50 bits per heavy atom. The van der Waals surface area contributed by atoms with Crippen LogP contribution in [0, 0.1) is 34.5 Å². The number of hydrogen-bond acceptors (Lipinski definition) is 3. The van der Waals surface area contributed by atoms with Crippen LogP contribution in [0.5, 0.6) is 5.75 Å². The average Bonchev–Trinajstić information content (AvgIpc) is 3.81. The summed E-state index contributed by atoms with van der Waals surface area (Å²) in [7, 11) is 0. The van der Waals surface area contributed by atoms with Crippen LogP contribution in [0.2, 0.25) is 0 Å². The first-order chi connectivity index (χ1) is 23.2. The molecule has 4 aliphatic carbocycles. The average molecular weight is 729 g/mol. The van der Waals surface area contributed by atoms with Crippen LogP contribution in [-0.2, 0) is 11.2 Å². The monoisotopic (exact) mass is 728 g/mol. The number of carboxylic acid groups (broad SMARTS) is 1. The summed E-state index contributed by atoms with van der Waals surface area (Å²) in [6.07, 6.45) is 1.78. The van der Waals surface area contributed by atoms with E-state index in [2.05, 4.69) is 13.0 Å². The molecule has 1 aromatic rings. The highest BCUT2D eigenvalue weighted by molar-refractivity contribution is 5.69. The summed E-state index contributed by atoms with van der Waals surface area (Å²) in [5, 5.41) is 30.7. The molecule has 4 unspecified atom stereocenters. The maximum absolute atomic E-state index is 13.9. The molecule has 13 heteroatoms. The smallest absolute Gasteiger partial charge is 0.460 e. The lowest BCUT2D eigenvalue weighted by molar-refractivity contribution is -0.396. The number of carboxylic acids is 1. The van der Waals surface area contributed by atoms with E-state index in [-0.39, 0.29) is 35.5 Å². The van der Waals surface area contributed by atoms with Crippen molar-refractivity contribution in [2.75, 3.05) is 0 Å². The molecule has 50 heavy (non-hydrogen) atoms. The zero-order valence-electron chi connectivity index (χ0n) is 28.4. The van der Waals surface area contributed by atoms with Crippen molar-refractivity contribution in [3.63, 3.8) is 0 Å². The van der Waals surface area contributed by atoms with Crippen LogP contribution in [0.15, 0.2) is 18.2 Å². The van der Waals surface area contributed by atoms with Gasteiger partial charge in [-0.2, -0.15) is 39.5 Å². The van der Waals surface area contributed by atoms with Gasteiger partial charge in [-0.15, -0.1) is 0 Å². The van der Waals surface area contributed by atoms with E-state index in [1.54, 1.807) is 6.07 Å². The number of carbonyl (C=O) groups is 1. The van der Waals surface area contributed by atoms with Crippen LogP contribution in [-0.4, -0.2) is 51.3 Å². The Morgan fingerprint density at radius 3 is 2.10 bits per heavy atom. The molecule has 0 bridgehead atoms. The zero-order valence-corrected chi connectivity index (χ0v) is 28.4. The lowest BCUT2D eigenvalue weighted by atomic mass is 9.50. The van der Waals surface area contributed by atoms with E-state index in [9.17, 15) is 59.6 Å². The summed E-state index contributed by atoms with van der Waals surface area (Å²) in [6.45, 7) is 2.41. The van der Waals surface area contributed by atoms with E-state index in [0.717, 1.165) is 70.6 Å². The Hall–Kier alpha value is -2.18. The van der Waals surface area contributed by atoms with Crippen molar-refractivity contribution >= 4 is 5.97 Å². The van der Waals surface area contributed by atoms with Gasteiger partial charge in [0.25, 0.3) is 0 Å². The van der Waals surface area contributed by atoms with E-state index in [4.69, 9.17) is 0 Å². The van der Waals surface area contributed by atoms with Gasteiger partial charge in [0, 0.05) is 11.8 Å². The van der Waals surface area contributed by atoms with Crippen LogP contribution in [0.3, 0.4) is 0 Å². The Kier molecular flexibility index (Phi) is 10.9. The predicted octanol–water partition coefficient (Wildman–Crippen LogP) is 10.7. The molecule has 7 atom stereocenters. The second-order valence-electron chi connectivity index (χ2n) is 16.0. The Labute approximate surface area is 287 Å². The minimum absolute atomic E-state index is 0.0705. The van der Waals surface area contributed by atoms with Crippen LogP contribution in [0.4, 0.5) is 39.5 Å². The number of aliphatic hydroxyl groups is 1. The first-order valence-electron chi connectivity index (χ1n) is 18.1. The molecule has 4 nitrogen and oxygen atoms in total. The van der Waals surface area contributed by atoms with Gasteiger partial charge in [0.2, 0.25) is 0 Å². The third-order valence-corrected chi connectivity index (χ3v) is 13.3. The highest BCUT2D eigenvalue weighted by atomic mass is 19.4. The van der Waals surface area contributed by atoms with Crippen molar-refractivity contribution in [1.29, 1.82) is 0 Å². The van der Waals surface area contributed by atoms with Gasteiger partial charge < -0.3 is 15.3 Å². The second kappa shape index (κ2) is 14.0. The number of unbranched alkanes of at least 4 members (excludes halogenated alkanes) is 6. The molecule has 0 aromatic heterocycles. The summed E-state index contributed by atoms with van der Waals surface area (Å²) >= 11 is 0. The standard InChI is InChI=1S/C37H49F9O4/c1-32-15-14-27-26-12-11-25(47)20-24(26)19-23(30(27)28(32)21-29(48)33(32)17-18-33)10-8-6-4-2-3-5-7-9-22(31(49)50)13-16-34(38,39)35(40,41)36(42,43)37(44,45)46/h11-12,20,22-23,27-30,47-48H,2-10,13-19,21H2,1H3,(H,49,50)/t22?,23-,27?,28?,29-,30?,32+/m1/s1. The van der Waals surface area contributed by atoms with Gasteiger partial charge in [0.1, 0.15) is 5.75 Å². The third kappa shape index (κ3) is 6.86. The fourth-order valence-corrected chi connectivity index (χ4v) is 10.3. The van der Waals surface area contributed by atoms with Crippen molar-refractivity contribution in [3.05, 3.63) is 29.3 Å². The molecule has 0 heterocycles. The summed E-state index contributed by atoms with van der Waals surface area (Å²) in [4.78, 5) is 11.5.